The van der Waals surface area contributed by atoms with Crippen molar-refractivity contribution in [2.75, 3.05) is 32.8 Å². The minimum atomic E-state index is -0.179. The number of hydrogen-bond donors (Lipinski definition) is 2. The number of hydrogen-bond acceptors (Lipinski definition) is 3. The normalized spacial score (nSPS) is 12.9. The lowest BCUT2D eigenvalue weighted by atomic mass is 10.1. The molecule has 0 aliphatic heterocycles. The lowest BCUT2D eigenvalue weighted by molar-refractivity contribution is 0.233. The summed E-state index contributed by atoms with van der Waals surface area (Å²) in [5.74, 6) is 0. The Morgan fingerprint density at radius 3 is 2.53 bits per heavy atom. The summed E-state index contributed by atoms with van der Waals surface area (Å²) in [5, 5.41) is 13.8. The summed E-state index contributed by atoms with van der Waals surface area (Å²) in [4.78, 5) is 2.32. The highest BCUT2D eigenvalue weighted by molar-refractivity contribution is 6.42. The van der Waals surface area contributed by atoms with Crippen LogP contribution in [-0.4, -0.2) is 42.8 Å². The molecule has 0 bridgehead atoms. The third kappa shape index (κ3) is 4.93. The van der Waals surface area contributed by atoms with E-state index in [1.54, 1.807) is 6.07 Å². The van der Waals surface area contributed by atoms with Gasteiger partial charge < -0.3 is 15.3 Å². The zero-order valence-corrected chi connectivity index (χ0v) is 13.0. The molecule has 1 unspecified atom stereocenters. The highest BCUT2D eigenvalue weighted by atomic mass is 35.5. The Morgan fingerprint density at radius 2 is 1.95 bits per heavy atom. The summed E-state index contributed by atoms with van der Waals surface area (Å²) < 4.78 is 0. The molecule has 1 aromatic rings. The van der Waals surface area contributed by atoms with Crippen molar-refractivity contribution in [2.45, 2.75) is 19.9 Å². The Morgan fingerprint density at radius 1 is 1.26 bits per heavy atom. The van der Waals surface area contributed by atoms with Crippen molar-refractivity contribution in [3.8, 4) is 0 Å². The van der Waals surface area contributed by atoms with E-state index in [-0.39, 0.29) is 12.6 Å². The van der Waals surface area contributed by atoms with Crippen LogP contribution in [0.4, 0.5) is 0 Å². The maximum absolute atomic E-state index is 9.50. The van der Waals surface area contributed by atoms with Gasteiger partial charge in [-0.2, -0.15) is 0 Å². The number of aliphatic hydroxyl groups excluding tert-OH is 1. The summed E-state index contributed by atoms with van der Waals surface area (Å²) in [7, 11) is 0. The molecule has 108 valence electrons. The number of nitrogens with one attached hydrogen (secondary N) is 1. The predicted molar refractivity (Wildman–Crippen MR) is 82.1 cm³/mol. The van der Waals surface area contributed by atoms with Crippen LogP contribution in [0.3, 0.4) is 0 Å². The van der Waals surface area contributed by atoms with Crippen LogP contribution in [0.25, 0.3) is 0 Å². The van der Waals surface area contributed by atoms with Crippen molar-refractivity contribution in [1.82, 2.24) is 10.2 Å². The molecule has 0 amide bonds. The van der Waals surface area contributed by atoms with Gasteiger partial charge in [-0.1, -0.05) is 49.2 Å². The second kappa shape index (κ2) is 8.77. The van der Waals surface area contributed by atoms with Crippen molar-refractivity contribution in [2.24, 2.45) is 0 Å². The molecule has 0 aliphatic carbocycles. The molecule has 0 saturated heterocycles. The number of benzene rings is 1. The van der Waals surface area contributed by atoms with Gasteiger partial charge in [0.05, 0.1) is 22.7 Å². The average molecular weight is 305 g/mol. The Kier molecular flexibility index (Phi) is 7.73. The fourth-order valence-electron chi connectivity index (χ4n) is 2.00. The van der Waals surface area contributed by atoms with E-state index in [1.807, 2.05) is 12.1 Å². The summed E-state index contributed by atoms with van der Waals surface area (Å²) in [6.07, 6.45) is 0. The van der Waals surface area contributed by atoms with E-state index in [0.717, 1.165) is 31.7 Å². The third-order valence-electron chi connectivity index (χ3n) is 3.25. The summed E-state index contributed by atoms with van der Waals surface area (Å²) in [5.41, 5.74) is 0.844. The van der Waals surface area contributed by atoms with Gasteiger partial charge in [0.25, 0.3) is 0 Å². The molecule has 0 aliphatic rings. The van der Waals surface area contributed by atoms with Crippen LogP contribution in [-0.2, 0) is 0 Å². The molecular weight excluding hydrogens is 283 g/mol. The number of halogens is 2. The minimum Gasteiger partial charge on any atom is -0.394 e. The summed E-state index contributed by atoms with van der Waals surface area (Å²) in [6, 6.07) is 5.30. The SMILES string of the molecule is CCN(CC)CCNC(CO)c1cccc(Cl)c1Cl. The van der Waals surface area contributed by atoms with E-state index in [1.165, 1.54) is 0 Å². The molecule has 0 aromatic heterocycles. The Balaban J connectivity index is 2.61. The first-order chi connectivity index (χ1) is 9.13. The lowest BCUT2D eigenvalue weighted by Gasteiger charge is -2.22. The quantitative estimate of drug-likeness (QED) is 0.775. The van der Waals surface area contributed by atoms with Gasteiger partial charge in [0, 0.05) is 13.1 Å². The molecule has 3 nitrogen and oxygen atoms in total. The molecule has 0 heterocycles. The summed E-state index contributed by atoms with van der Waals surface area (Å²) in [6.45, 7) is 8.08. The number of nitrogens with zero attached hydrogens (tertiary/aromatic N) is 1. The third-order valence-corrected chi connectivity index (χ3v) is 4.09. The van der Waals surface area contributed by atoms with Crippen molar-refractivity contribution >= 4 is 23.2 Å². The molecule has 1 rings (SSSR count). The molecule has 2 N–H and O–H groups in total. The van der Waals surface area contributed by atoms with Crippen LogP contribution >= 0.6 is 23.2 Å². The van der Waals surface area contributed by atoms with E-state index in [2.05, 4.69) is 24.1 Å². The average Bonchev–Trinajstić information content (AvgIpc) is 2.43. The predicted octanol–water partition coefficient (Wildman–Crippen LogP) is 2.96. The number of aliphatic hydroxyl groups is 1. The molecule has 0 radical (unpaired) electrons. The van der Waals surface area contributed by atoms with Gasteiger partial charge >= 0.3 is 0 Å². The van der Waals surface area contributed by atoms with Gasteiger partial charge in [0.1, 0.15) is 0 Å². The zero-order chi connectivity index (χ0) is 14.3. The van der Waals surface area contributed by atoms with Crippen LogP contribution in [0.5, 0.6) is 0 Å². The highest BCUT2D eigenvalue weighted by Gasteiger charge is 2.15. The maximum atomic E-state index is 9.50. The van der Waals surface area contributed by atoms with Crippen LogP contribution < -0.4 is 5.32 Å². The molecule has 19 heavy (non-hydrogen) atoms. The molecular formula is C14H22Cl2N2O. The van der Waals surface area contributed by atoms with E-state index in [9.17, 15) is 5.11 Å². The number of likely N-dealkylation sites (N-methyl/N-ethyl adjacent to an activating group) is 1. The van der Waals surface area contributed by atoms with Gasteiger partial charge in [-0.25, -0.2) is 0 Å². The monoisotopic (exact) mass is 304 g/mol. The van der Waals surface area contributed by atoms with E-state index >= 15 is 0 Å². The Labute approximate surface area is 125 Å². The Hall–Kier alpha value is -0.320. The summed E-state index contributed by atoms with van der Waals surface area (Å²) >= 11 is 12.2. The van der Waals surface area contributed by atoms with Gasteiger partial charge in [-0.15, -0.1) is 0 Å². The second-order valence-electron chi connectivity index (χ2n) is 4.36. The van der Waals surface area contributed by atoms with Crippen molar-refractivity contribution in [1.29, 1.82) is 0 Å². The first-order valence-corrected chi connectivity index (χ1v) is 7.40. The fourth-order valence-corrected chi connectivity index (χ4v) is 2.44. The van der Waals surface area contributed by atoms with Crippen LogP contribution in [0, 0.1) is 0 Å². The van der Waals surface area contributed by atoms with Crippen LogP contribution in [0.15, 0.2) is 18.2 Å². The van der Waals surface area contributed by atoms with Gasteiger partial charge in [0.15, 0.2) is 0 Å². The number of rotatable bonds is 8. The Bertz CT molecular complexity index is 384. The van der Waals surface area contributed by atoms with Gasteiger partial charge in [-0.3, -0.25) is 0 Å². The molecule has 0 saturated carbocycles. The van der Waals surface area contributed by atoms with Crippen LogP contribution in [0.1, 0.15) is 25.5 Å². The van der Waals surface area contributed by atoms with Gasteiger partial charge in [0.2, 0.25) is 0 Å². The highest BCUT2D eigenvalue weighted by Crippen LogP contribution is 2.29. The first kappa shape index (κ1) is 16.7. The van der Waals surface area contributed by atoms with E-state index in [4.69, 9.17) is 23.2 Å². The minimum absolute atomic E-state index is 0.00167. The lowest BCUT2D eigenvalue weighted by Crippen LogP contribution is -2.34. The largest absolute Gasteiger partial charge is 0.394 e. The van der Waals surface area contributed by atoms with Crippen molar-refractivity contribution in [3.63, 3.8) is 0 Å². The van der Waals surface area contributed by atoms with Crippen molar-refractivity contribution in [3.05, 3.63) is 33.8 Å². The zero-order valence-electron chi connectivity index (χ0n) is 11.5. The molecule has 1 atom stereocenters. The van der Waals surface area contributed by atoms with Crippen LogP contribution in [0.2, 0.25) is 10.0 Å². The second-order valence-corrected chi connectivity index (χ2v) is 5.14. The van der Waals surface area contributed by atoms with E-state index < -0.39 is 0 Å². The fraction of sp³-hybridized carbons (Fsp3) is 0.571. The van der Waals surface area contributed by atoms with Gasteiger partial charge in [-0.05, 0) is 24.7 Å². The maximum Gasteiger partial charge on any atom is 0.0640 e. The first-order valence-electron chi connectivity index (χ1n) is 6.64. The molecule has 0 fully saturated rings. The molecule has 5 heteroatoms. The van der Waals surface area contributed by atoms with E-state index in [0.29, 0.717) is 10.0 Å². The molecule has 0 spiro atoms. The topological polar surface area (TPSA) is 35.5 Å². The van der Waals surface area contributed by atoms with Crippen molar-refractivity contribution < 1.29 is 5.11 Å². The smallest absolute Gasteiger partial charge is 0.0640 e. The molecule has 1 aromatic carbocycles. The standard InChI is InChI=1S/C14H22Cl2N2O/c1-3-18(4-2)9-8-17-13(10-19)11-6-5-7-12(15)14(11)16/h5-7,13,17,19H,3-4,8-10H2,1-2H3.